The number of amides is 1. The zero-order valence-corrected chi connectivity index (χ0v) is 15.1. The number of nitrogens with zero attached hydrogens (tertiary/aromatic N) is 3. The molecule has 132 valence electrons. The maximum atomic E-state index is 12.4. The van der Waals surface area contributed by atoms with Gasteiger partial charge in [0.2, 0.25) is 5.91 Å². The number of hydrogen-bond donors (Lipinski definition) is 0. The third kappa shape index (κ3) is 4.59. The van der Waals surface area contributed by atoms with Gasteiger partial charge in [-0.2, -0.15) is 0 Å². The minimum absolute atomic E-state index is 0.118. The van der Waals surface area contributed by atoms with E-state index in [1.165, 1.54) is 0 Å². The molecule has 0 unspecified atom stereocenters. The summed E-state index contributed by atoms with van der Waals surface area (Å²) in [6.07, 6.45) is 9.68. The van der Waals surface area contributed by atoms with Crippen molar-refractivity contribution in [1.82, 2.24) is 14.5 Å². The Balaban J connectivity index is 1.50. The van der Waals surface area contributed by atoms with Gasteiger partial charge in [0.15, 0.2) is 0 Å². The number of likely N-dealkylation sites (tertiary alicyclic amines) is 1. The summed E-state index contributed by atoms with van der Waals surface area (Å²) in [5.74, 6) is 2.34. The Labute approximate surface area is 150 Å². The van der Waals surface area contributed by atoms with Crippen LogP contribution in [0.3, 0.4) is 0 Å². The van der Waals surface area contributed by atoms with E-state index in [1.54, 1.807) is 6.08 Å². The predicted octanol–water partition coefficient (Wildman–Crippen LogP) is 3.96. The molecule has 0 aliphatic carbocycles. The zero-order chi connectivity index (χ0) is 17.6. The number of benzene rings is 1. The Bertz CT molecular complexity index is 710. The molecule has 4 nitrogen and oxygen atoms in total. The summed E-state index contributed by atoms with van der Waals surface area (Å²) < 4.78 is 2.28. The van der Waals surface area contributed by atoms with Gasteiger partial charge in [-0.3, -0.25) is 4.79 Å². The molecule has 2 heterocycles. The van der Waals surface area contributed by atoms with Crippen molar-refractivity contribution in [3.63, 3.8) is 0 Å². The maximum absolute atomic E-state index is 12.4. The van der Waals surface area contributed by atoms with E-state index in [9.17, 15) is 4.79 Å². The van der Waals surface area contributed by atoms with Crippen LogP contribution in [0.2, 0.25) is 0 Å². The van der Waals surface area contributed by atoms with E-state index in [2.05, 4.69) is 29.6 Å². The van der Waals surface area contributed by atoms with Crippen molar-refractivity contribution in [2.75, 3.05) is 13.1 Å². The van der Waals surface area contributed by atoms with Crippen LogP contribution in [0.15, 0.2) is 48.8 Å². The number of rotatable bonds is 5. The highest BCUT2D eigenvalue weighted by Crippen LogP contribution is 2.22. The average molecular weight is 337 g/mol. The minimum atomic E-state index is 0.118. The second-order valence-corrected chi connectivity index (χ2v) is 7.11. The Morgan fingerprint density at radius 3 is 2.64 bits per heavy atom. The lowest BCUT2D eigenvalue weighted by molar-refractivity contribution is -0.127. The number of imidazole rings is 1. The number of carbonyl (C=O) groups excluding carboxylic acids is 1. The first-order chi connectivity index (χ1) is 12.1. The number of piperidine rings is 1. The van der Waals surface area contributed by atoms with E-state index in [0.717, 1.165) is 43.9 Å². The van der Waals surface area contributed by atoms with Crippen molar-refractivity contribution >= 4 is 12.0 Å². The van der Waals surface area contributed by atoms with Crippen LogP contribution in [-0.2, 0) is 11.3 Å². The van der Waals surface area contributed by atoms with E-state index in [0.29, 0.717) is 11.8 Å². The fourth-order valence-corrected chi connectivity index (χ4v) is 3.43. The van der Waals surface area contributed by atoms with Crippen LogP contribution in [0, 0.1) is 5.92 Å². The van der Waals surface area contributed by atoms with Gasteiger partial charge in [0.05, 0.1) is 0 Å². The topological polar surface area (TPSA) is 38.1 Å². The van der Waals surface area contributed by atoms with E-state index in [4.69, 9.17) is 0 Å². The van der Waals surface area contributed by atoms with Crippen LogP contribution in [-0.4, -0.2) is 33.4 Å². The van der Waals surface area contributed by atoms with Crippen LogP contribution in [0.1, 0.15) is 44.0 Å². The van der Waals surface area contributed by atoms with Gasteiger partial charge in [-0.05, 0) is 30.4 Å². The van der Waals surface area contributed by atoms with Gasteiger partial charge >= 0.3 is 0 Å². The smallest absolute Gasteiger partial charge is 0.246 e. The largest absolute Gasteiger partial charge is 0.339 e. The van der Waals surface area contributed by atoms with Crippen molar-refractivity contribution in [2.24, 2.45) is 5.92 Å². The van der Waals surface area contributed by atoms with E-state index in [-0.39, 0.29) is 5.91 Å². The molecular weight excluding hydrogens is 310 g/mol. The summed E-state index contributed by atoms with van der Waals surface area (Å²) in [5, 5.41) is 0. The highest BCUT2D eigenvalue weighted by atomic mass is 16.2. The van der Waals surface area contributed by atoms with Gasteiger partial charge in [0, 0.05) is 44.0 Å². The Hall–Kier alpha value is -2.36. The molecule has 1 aliphatic rings. The number of aromatic nitrogens is 2. The standard InChI is InChI=1S/C21H27N3O/c1-17(2)21-22-12-15-24(21)16-19-10-13-23(14-11-19)20(25)9-8-18-6-4-3-5-7-18/h3-9,12,15,17,19H,10-11,13-14,16H2,1-2H3. The lowest BCUT2D eigenvalue weighted by atomic mass is 9.96. The third-order valence-electron chi connectivity index (χ3n) is 4.86. The van der Waals surface area contributed by atoms with E-state index < -0.39 is 0 Å². The van der Waals surface area contributed by atoms with Gasteiger partial charge in [0.1, 0.15) is 5.82 Å². The summed E-state index contributed by atoms with van der Waals surface area (Å²) in [6, 6.07) is 9.96. The molecule has 0 N–H and O–H groups in total. The fraction of sp³-hybridized carbons (Fsp3) is 0.429. The molecule has 1 fully saturated rings. The first kappa shape index (κ1) is 17.5. The predicted molar refractivity (Wildman–Crippen MR) is 101 cm³/mol. The molecule has 1 amide bonds. The SMILES string of the molecule is CC(C)c1nccn1CC1CCN(C(=O)C=Cc2ccccc2)CC1. The van der Waals surface area contributed by atoms with Crippen molar-refractivity contribution in [3.05, 3.63) is 60.2 Å². The summed E-state index contributed by atoms with van der Waals surface area (Å²) in [4.78, 5) is 18.8. The van der Waals surface area contributed by atoms with Crippen molar-refractivity contribution in [1.29, 1.82) is 0 Å². The van der Waals surface area contributed by atoms with Gasteiger partial charge in [-0.1, -0.05) is 44.2 Å². The lowest BCUT2D eigenvalue weighted by Gasteiger charge is -2.32. The zero-order valence-electron chi connectivity index (χ0n) is 15.1. The molecule has 0 radical (unpaired) electrons. The van der Waals surface area contributed by atoms with Crippen LogP contribution in [0.25, 0.3) is 6.08 Å². The first-order valence-corrected chi connectivity index (χ1v) is 9.16. The third-order valence-corrected chi connectivity index (χ3v) is 4.86. The molecule has 1 aliphatic heterocycles. The molecule has 0 atom stereocenters. The molecule has 0 bridgehead atoms. The monoisotopic (exact) mass is 337 g/mol. The Morgan fingerprint density at radius 1 is 1.24 bits per heavy atom. The van der Waals surface area contributed by atoms with Gasteiger partial charge in [-0.15, -0.1) is 0 Å². The second kappa shape index (κ2) is 8.15. The first-order valence-electron chi connectivity index (χ1n) is 9.16. The maximum Gasteiger partial charge on any atom is 0.246 e. The molecule has 1 aromatic carbocycles. The van der Waals surface area contributed by atoms with Crippen molar-refractivity contribution in [3.8, 4) is 0 Å². The molecule has 1 aromatic heterocycles. The van der Waals surface area contributed by atoms with Gasteiger partial charge in [0.25, 0.3) is 0 Å². The van der Waals surface area contributed by atoms with Crippen molar-refractivity contribution in [2.45, 2.75) is 39.2 Å². The quantitative estimate of drug-likeness (QED) is 0.775. The fourth-order valence-electron chi connectivity index (χ4n) is 3.43. The van der Waals surface area contributed by atoms with E-state index in [1.807, 2.05) is 47.5 Å². The highest BCUT2D eigenvalue weighted by Gasteiger charge is 2.22. The summed E-state index contributed by atoms with van der Waals surface area (Å²) >= 11 is 0. The van der Waals surface area contributed by atoms with Crippen LogP contribution in [0.4, 0.5) is 0 Å². The summed E-state index contributed by atoms with van der Waals surface area (Å²) in [5.41, 5.74) is 1.06. The molecule has 0 spiro atoms. The molecule has 2 aromatic rings. The molecule has 3 rings (SSSR count). The minimum Gasteiger partial charge on any atom is -0.339 e. The van der Waals surface area contributed by atoms with Gasteiger partial charge in [-0.25, -0.2) is 4.98 Å². The number of carbonyl (C=O) groups is 1. The van der Waals surface area contributed by atoms with Crippen LogP contribution in [0.5, 0.6) is 0 Å². The van der Waals surface area contributed by atoms with Crippen molar-refractivity contribution < 1.29 is 4.79 Å². The summed E-state index contributed by atoms with van der Waals surface area (Å²) in [7, 11) is 0. The molecule has 0 saturated carbocycles. The highest BCUT2D eigenvalue weighted by molar-refractivity contribution is 5.91. The Kier molecular flexibility index (Phi) is 5.69. The van der Waals surface area contributed by atoms with Gasteiger partial charge < -0.3 is 9.47 Å². The summed E-state index contributed by atoms with van der Waals surface area (Å²) in [6.45, 7) is 7.05. The number of hydrogen-bond acceptors (Lipinski definition) is 2. The molecule has 4 heteroatoms. The molecule has 1 saturated heterocycles. The normalized spacial score (nSPS) is 16.0. The average Bonchev–Trinajstić information content (AvgIpc) is 3.09. The van der Waals surface area contributed by atoms with Crippen LogP contribution < -0.4 is 0 Å². The molecule has 25 heavy (non-hydrogen) atoms. The Morgan fingerprint density at radius 2 is 1.96 bits per heavy atom. The molecular formula is C21H27N3O. The van der Waals surface area contributed by atoms with E-state index >= 15 is 0 Å². The second-order valence-electron chi connectivity index (χ2n) is 7.11. The van der Waals surface area contributed by atoms with Crippen LogP contribution >= 0.6 is 0 Å². The lowest BCUT2D eigenvalue weighted by Crippen LogP contribution is -2.38.